The predicted octanol–water partition coefficient (Wildman–Crippen LogP) is 4.39. The van der Waals surface area contributed by atoms with Crippen molar-refractivity contribution in [3.05, 3.63) is 28.5 Å². The first-order valence-corrected chi connectivity index (χ1v) is 7.26. The van der Waals surface area contributed by atoms with Gasteiger partial charge in [0.25, 0.3) is 6.43 Å². The summed E-state index contributed by atoms with van der Waals surface area (Å²) in [4.78, 5) is 2.99. The van der Waals surface area contributed by atoms with Crippen LogP contribution in [0.5, 0.6) is 0 Å². The van der Waals surface area contributed by atoms with Crippen molar-refractivity contribution in [3.8, 4) is 0 Å². The summed E-state index contributed by atoms with van der Waals surface area (Å²) in [6.07, 6.45) is -0.414. The van der Waals surface area contributed by atoms with Crippen molar-refractivity contribution >= 4 is 35.0 Å². The summed E-state index contributed by atoms with van der Waals surface area (Å²) in [5.41, 5.74) is 1.57. The maximum atomic E-state index is 12.6. The van der Waals surface area contributed by atoms with Gasteiger partial charge < -0.3 is 9.55 Å². The first-order valence-electron chi connectivity index (χ1n) is 5.56. The highest BCUT2D eigenvalue weighted by molar-refractivity contribution is 7.99. The van der Waals surface area contributed by atoms with Crippen LogP contribution in [-0.2, 0) is 6.54 Å². The average molecular weight is 288 g/mol. The molecule has 0 aliphatic rings. The SMILES string of the molecule is CSC(C)Cn1c(=S)[nH]c2cc(C(F)F)ccc21. The van der Waals surface area contributed by atoms with E-state index in [4.69, 9.17) is 12.2 Å². The monoisotopic (exact) mass is 288 g/mol. The van der Waals surface area contributed by atoms with Gasteiger partial charge in [0.1, 0.15) is 0 Å². The molecule has 1 aromatic carbocycles. The lowest BCUT2D eigenvalue weighted by molar-refractivity contribution is 0.151. The fourth-order valence-corrected chi connectivity index (χ4v) is 2.41. The van der Waals surface area contributed by atoms with Gasteiger partial charge in [0, 0.05) is 17.4 Å². The highest BCUT2D eigenvalue weighted by atomic mass is 32.2. The van der Waals surface area contributed by atoms with Crippen molar-refractivity contribution in [3.63, 3.8) is 0 Å². The molecule has 1 aromatic heterocycles. The second-order valence-corrected chi connectivity index (χ2v) is 5.83. The number of rotatable bonds is 4. The number of thioether (sulfide) groups is 1. The van der Waals surface area contributed by atoms with Gasteiger partial charge in [0.2, 0.25) is 0 Å². The molecule has 18 heavy (non-hydrogen) atoms. The smallest absolute Gasteiger partial charge is 0.263 e. The molecule has 0 aliphatic heterocycles. The van der Waals surface area contributed by atoms with E-state index in [-0.39, 0.29) is 5.56 Å². The van der Waals surface area contributed by atoms with Crippen molar-refractivity contribution in [2.24, 2.45) is 0 Å². The van der Waals surface area contributed by atoms with Crippen LogP contribution in [-0.4, -0.2) is 21.1 Å². The van der Waals surface area contributed by atoms with E-state index >= 15 is 0 Å². The Hall–Kier alpha value is -0.880. The number of nitrogens with zero attached hydrogens (tertiary/aromatic N) is 1. The number of aromatic amines is 1. The Labute approximate surface area is 113 Å². The normalized spacial score (nSPS) is 13.4. The molecule has 0 fully saturated rings. The largest absolute Gasteiger partial charge is 0.331 e. The zero-order valence-corrected chi connectivity index (χ0v) is 11.7. The van der Waals surface area contributed by atoms with Gasteiger partial charge in [-0.05, 0) is 30.6 Å². The lowest BCUT2D eigenvalue weighted by atomic mass is 10.2. The van der Waals surface area contributed by atoms with Crippen molar-refractivity contribution in [2.75, 3.05) is 6.26 Å². The Kier molecular flexibility index (Phi) is 4.07. The number of fused-ring (bicyclic) bond motifs is 1. The summed E-state index contributed by atoms with van der Waals surface area (Å²) >= 11 is 6.99. The fourth-order valence-electron chi connectivity index (χ4n) is 1.83. The van der Waals surface area contributed by atoms with E-state index in [0.29, 0.717) is 15.5 Å². The molecule has 6 heteroatoms. The number of imidazole rings is 1. The van der Waals surface area contributed by atoms with E-state index in [1.807, 2.05) is 10.8 Å². The Morgan fingerprint density at radius 1 is 1.44 bits per heavy atom. The second kappa shape index (κ2) is 5.40. The van der Waals surface area contributed by atoms with Gasteiger partial charge in [0.15, 0.2) is 4.77 Å². The van der Waals surface area contributed by atoms with Crippen LogP contribution < -0.4 is 0 Å². The standard InChI is InChI=1S/C12H14F2N2S2/c1-7(18-2)6-16-10-4-3-8(11(13)14)5-9(10)15-12(16)17/h3-5,7,11H,6H2,1-2H3,(H,15,17). The Balaban J connectivity index is 2.49. The molecule has 2 aromatic rings. The number of H-pyrrole nitrogens is 1. The van der Waals surface area contributed by atoms with Gasteiger partial charge in [-0.1, -0.05) is 13.0 Å². The van der Waals surface area contributed by atoms with Gasteiger partial charge >= 0.3 is 0 Å². The van der Waals surface area contributed by atoms with E-state index in [2.05, 4.69) is 11.9 Å². The molecule has 0 spiro atoms. The summed E-state index contributed by atoms with van der Waals surface area (Å²) in [7, 11) is 0. The van der Waals surface area contributed by atoms with E-state index < -0.39 is 6.43 Å². The van der Waals surface area contributed by atoms with E-state index in [1.54, 1.807) is 17.8 Å². The quantitative estimate of drug-likeness (QED) is 0.842. The van der Waals surface area contributed by atoms with Gasteiger partial charge in [-0.2, -0.15) is 11.8 Å². The van der Waals surface area contributed by atoms with E-state index in [1.165, 1.54) is 12.1 Å². The van der Waals surface area contributed by atoms with E-state index in [9.17, 15) is 8.78 Å². The molecule has 0 saturated carbocycles. The Morgan fingerprint density at radius 3 is 2.78 bits per heavy atom. The summed E-state index contributed by atoms with van der Waals surface area (Å²) in [6, 6.07) is 4.63. The minimum absolute atomic E-state index is 0.0174. The fraction of sp³-hybridized carbons (Fsp3) is 0.417. The molecule has 0 radical (unpaired) electrons. The number of nitrogens with one attached hydrogen (secondary N) is 1. The molecule has 0 amide bonds. The van der Waals surface area contributed by atoms with Gasteiger partial charge in [0.05, 0.1) is 11.0 Å². The molecule has 0 aliphatic carbocycles. The predicted molar refractivity (Wildman–Crippen MR) is 75.1 cm³/mol. The molecule has 98 valence electrons. The second-order valence-electron chi connectivity index (χ2n) is 4.16. The Bertz CT molecular complexity index is 604. The maximum absolute atomic E-state index is 12.6. The first-order chi connectivity index (χ1) is 8.52. The van der Waals surface area contributed by atoms with Crippen LogP contribution in [0.2, 0.25) is 0 Å². The molecule has 2 nitrogen and oxygen atoms in total. The molecule has 2 rings (SSSR count). The van der Waals surface area contributed by atoms with Crippen LogP contribution in [0.25, 0.3) is 11.0 Å². The number of hydrogen-bond donors (Lipinski definition) is 1. The van der Waals surface area contributed by atoms with Crippen molar-refractivity contribution in [2.45, 2.75) is 25.1 Å². The maximum Gasteiger partial charge on any atom is 0.263 e. The lowest BCUT2D eigenvalue weighted by Gasteiger charge is -2.10. The number of hydrogen-bond acceptors (Lipinski definition) is 2. The molecule has 1 unspecified atom stereocenters. The third kappa shape index (κ3) is 2.59. The van der Waals surface area contributed by atoms with Crippen molar-refractivity contribution in [1.29, 1.82) is 0 Å². The number of halogens is 2. The minimum atomic E-state index is -2.45. The zero-order valence-electron chi connectivity index (χ0n) is 10.1. The van der Waals surface area contributed by atoms with Crippen LogP contribution in [0.1, 0.15) is 18.9 Å². The molecular weight excluding hydrogens is 274 g/mol. The Morgan fingerprint density at radius 2 is 2.17 bits per heavy atom. The molecule has 1 atom stereocenters. The number of aromatic nitrogens is 2. The topological polar surface area (TPSA) is 20.7 Å². The number of alkyl halides is 2. The van der Waals surface area contributed by atoms with Gasteiger partial charge in [-0.25, -0.2) is 8.78 Å². The average Bonchev–Trinajstić information content (AvgIpc) is 2.64. The number of benzene rings is 1. The first kappa shape index (κ1) is 13.5. The summed E-state index contributed by atoms with van der Waals surface area (Å²) in [5, 5.41) is 0.422. The zero-order chi connectivity index (χ0) is 13.3. The highest BCUT2D eigenvalue weighted by Crippen LogP contribution is 2.24. The highest BCUT2D eigenvalue weighted by Gasteiger charge is 2.11. The summed E-state index contributed by atoms with van der Waals surface area (Å²) < 4.78 is 27.8. The van der Waals surface area contributed by atoms with Crippen LogP contribution in [0.4, 0.5) is 8.78 Å². The lowest BCUT2D eigenvalue weighted by Crippen LogP contribution is -2.08. The van der Waals surface area contributed by atoms with Crippen LogP contribution in [0.15, 0.2) is 18.2 Å². The van der Waals surface area contributed by atoms with Crippen LogP contribution in [0.3, 0.4) is 0 Å². The third-order valence-electron chi connectivity index (χ3n) is 2.89. The summed E-state index contributed by atoms with van der Waals surface area (Å²) in [5.74, 6) is 0. The van der Waals surface area contributed by atoms with Crippen LogP contribution >= 0.6 is 24.0 Å². The minimum Gasteiger partial charge on any atom is -0.331 e. The van der Waals surface area contributed by atoms with E-state index in [0.717, 1.165) is 12.1 Å². The molecular formula is C12H14F2N2S2. The molecule has 0 bridgehead atoms. The van der Waals surface area contributed by atoms with Gasteiger partial charge in [-0.3, -0.25) is 0 Å². The molecule has 1 heterocycles. The summed E-state index contributed by atoms with van der Waals surface area (Å²) in [6.45, 7) is 2.88. The molecule has 1 N–H and O–H groups in total. The third-order valence-corrected chi connectivity index (χ3v) is 4.17. The van der Waals surface area contributed by atoms with Gasteiger partial charge in [-0.15, -0.1) is 0 Å². The van der Waals surface area contributed by atoms with Crippen LogP contribution in [0, 0.1) is 4.77 Å². The van der Waals surface area contributed by atoms with Crippen molar-refractivity contribution < 1.29 is 8.78 Å². The van der Waals surface area contributed by atoms with Crippen molar-refractivity contribution in [1.82, 2.24) is 9.55 Å². The molecule has 0 saturated heterocycles.